The highest BCUT2D eigenvalue weighted by Crippen LogP contribution is 2.22. The van der Waals surface area contributed by atoms with Crippen molar-refractivity contribution in [3.05, 3.63) is 41.4 Å². The van der Waals surface area contributed by atoms with Crippen molar-refractivity contribution < 1.29 is 8.42 Å². The van der Waals surface area contributed by atoms with Crippen molar-refractivity contribution >= 4 is 110 Å². The SMILES string of the molecule is CS(=O)(=O)c1nc(Br)cn2c(I)cnc12.CSc1nc(Br)cn2c(I)cnc12. The lowest BCUT2D eigenvalue weighted by atomic mass is 10.7. The van der Waals surface area contributed by atoms with Gasteiger partial charge in [-0.1, -0.05) is 0 Å². The maximum atomic E-state index is 11.5. The van der Waals surface area contributed by atoms with Gasteiger partial charge >= 0.3 is 0 Å². The smallest absolute Gasteiger partial charge is 0.199 e. The molecule has 0 saturated carbocycles. The van der Waals surface area contributed by atoms with E-state index in [1.165, 1.54) is 0 Å². The molecule has 0 unspecified atom stereocenters. The molecule has 0 amide bonds. The molecule has 0 N–H and O–H groups in total. The molecule has 14 heteroatoms. The Hall–Kier alpha value is -0.0400. The minimum atomic E-state index is -3.37. The predicted octanol–water partition coefficient (Wildman–Crippen LogP) is 4.32. The molecule has 0 spiro atoms. The molecule has 0 fully saturated rings. The Morgan fingerprint density at radius 1 is 0.964 bits per heavy atom. The van der Waals surface area contributed by atoms with E-state index in [-0.39, 0.29) is 5.03 Å². The van der Waals surface area contributed by atoms with Crippen molar-refractivity contribution in [2.24, 2.45) is 0 Å². The lowest BCUT2D eigenvalue weighted by molar-refractivity contribution is 0.598. The Bertz CT molecular complexity index is 1290. The van der Waals surface area contributed by atoms with Gasteiger partial charge in [0.2, 0.25) is 0 Å². The van der Waals surface area contributed by atoms with Crippen molar-refractivity contribution in [3.8, 4) is 0 Å². The van der Waals surface area contributed by atoms with Crippen molar-refractivity contribution in [2.45, 2.75) is 10.1 Å². The van der Waals surface area contributed by atoms with Gasteiger partial charge in [0.05, 0.1) is 12.4 Å². The first-order valence-corrected chi connectivity index (χ1v) is 14.1. The fourth-order valence-corrected chi connectivity index (χ4v) is 5.48. The number of halogens is 4. The van der Waals surface area contributed by atoms with E-state index in [1.54, 1.807) is 28.6 Å². The van der Waals surface area contributed by atoms with E-state index >= 15 is 0 Å². The number of fused-ring (bicyclic) bond motifs is 2. The normalized spacial score (nSPS) is 11.6. The number of rotatable bonds is 2. The highest BCUT2D eigenvalue weighted by atomic mass is 127. The van der Waals surface area contributed by atoms with Gasteiger partial charge in [-0.05, 0) is 83.3 Å². The van der Waals surface area contributed by atoms with Crippen molar-refractivity contribution in [1.29, 1.82) is 0 Å². The van der Waals surface area contributed by atoms with Gasteiger partial charge in [0, 0.05) is 18.6 Å². The molecule has 4 aromatic rings. The van der Waals surface area contributed by atoms with Crippen molar-refractivity contribution in [1.82, 2.24) is 28.7 Å². The zero-order chi connectivity index (χ0) is 20.6. The molecule has 8 nitrogen and oxygen atoms in total. The van der Waals surface area contributed by atoms with Crippen LogP contribution in [-0.2, 0) is 9.84 Å². The molecular formula is C14H10Br2I2N6O2S2. The highest BCUT2D eigenvalue weighted by Gasteiger charge is 2.17. The average Bonchev–Trinajstić information content (AvgIpc) is 3.17. The van der Waals surface area contributed by atoms with Crippen LogP contribution in [-0.4, -0.2) is 49.7 Å². The van der Waals surface area contributed by atoms with Crippen LogP contribution in [0, 0.1) is 7.40 Å². The van der Waals surface area contributed by atoms with E-state index in [9.17, 15) is 8.42 Å². The maximum Gasteiger partial charge on any atom is 0.199 e. The predicted molar refractivity (Wildman–Crippen MR) is 132 cm³/mol. The lowest BCUT2D eigenvalue weighted by Crippen LogP contribution is -2.05. The molecule has 4 heterocycles. The molecular weight excluding hydrogens is 762 g/mol. The summed E-state index contributed by atoms with van der Waals surface area (Å²) in [7, 11) is -3.37. The second-order valence-electron chi connectivity index (χ2n) is 5.26. The van der Waals surface area contributed by atoms with Crippen molar-refractivity contribution in [3.63, 3.8) is 0 Å². The van der Waals surface area contributed by atoms with E-state index in [0.717, 1.165) is 28.9 Å². The second-order valence-corrected chi connectivity index (χ2v) is 11.8. The zero-order valence-electron chi connectivity index (χ0n) is 14.1. The number of thioether (sulfide) groups is 1. The third-order valence-electron chi connectivity index (χ3n) is 3.32. The number of hydrogen-bond acceptors (Lipinski definition) is 7. The van der Waals surface area contributed by atoms with Gasteiger partial charge in [-0.2, -0.15) is 0 Å². The van der Waals surface area contributed by atoms with Crippen LogP contribution in [0.4, 0.5) is 0 Å². The van der Waals surface area contributed by atoms with Crippen LogP contribution < -0.4 is 0 Å². The molecule has 148 valence electrons. The Kier molecular flexibility index (Phi) is 7.27. The topological polar surface area (TPSA) is 94.5 Å². The van der Waals surface area contributed by atoms with E-state index in [4.69, 9.17) is 0 Å². The number of aromatic nitrogens is 6. The van der Waals surface area contributed by atoms with E-state index in [2.05, 4.69) is 97.0 Å². The highest BCUT2D eigenvalue weighted by molar-refractivity contribution is 14.1. The van der Waals surface area contributed by atoms with Gasteiger partial charge in [0.25, 0.3) is 0 Å². The van der Waals surface area contributed by atoms with Gasteiger partial charge in [0.1, 0.15) is 21.6 Å². The summed E-state index contributed by atoms with van der Waals surface area (Å²) >= 11 is 12.4. The molecule has 0 atom stereocenters. The van der Waals surface area contributed by atoms with E-state index < -0.39 is 9.84 Å². The number of imidazole rings is 2. The first-order valence-electron chi connectivity index (χ1n) is 7.24. The number of hydrogen-bond donors (Lipinski definition) is 0. The quantitative estimate of drug-likeness (QED) is 0.222. The van der Waals surface area contributed by atoms with Crippen LogP contribution in [0.3, 0.4) is 0 Å². The number of sulfone groups is 1. The Morgan fingerprint density at radius 2 is 1.46 bits per heavy atom. The minimum absolute atomic E-state index is 0.0141. The summed E-state index contributed by atoms with van der Waals surface area (Å²) in [6.45, 7) is 0. The van der Waals surface area contributed by atoms with Crippen LogP contribution >= 0.6 is 88.8 Å². The van der Waals surface area contributed by atoms with Crippen LogP contribution in [0.5, 0.6) is 0 Å². The lowest BCUT2D eigenvalue weighted by Gasteiger charge is -2.02. The largest absolute Gasteiger partial charge is 0.290 e. The Morgan fingerprint density at radius 3 is 2.00 bits per heavy atom. The summed E-state index contributed by atoms with van der Waals surface area (Å²) in [6.07, 6.45) is 10.1. The molecule has 0 aliphatic carbocycles. The molecule has 0 bridgehead atoms. The molecule has 4 aromatic heterocycles. The van der Waals surface area contributed by atoms with Gasteiger partial charge in [-0.25, -0.2) is 28.4 Å². The van der Waals surface area contributed by atoms with Crippen LogP contribution in [0.25, 0.3) is 11.3 Å². The fourth-order valence-electron chi connectivity index (χ4n) is 2.19. The minimum Gasteiger partial charge on any atom is -0.290 e. The molecule has 0 aliphatic heterocycles. The molecule has 0 aliphatic rings. The average molecular weight is 772 g/mol. The second kappa shape index (κ2) is 8.99. The van der Waals surface area contributed by atoms with Gasteiger partial charge in [-0.15, -0.1) is 11.8 Å². The van der Waals surface area contributed by atoms with Crippen LogP contribution in [0.1, 0.15) is 0 Å². The standard InChI is InChI=1S/C7H5BrIN3O2S.C7H5BrIN3S/c1-15(13,14)7-6-10-2-5(9)12(6)3-4(8)11-7;1-13-7-6-10-2-5(9)12(6)3-4(8)11-7/h2-3H,1H3;2-3H,1H3. The van der Waals surface area contributed by atoms with Crippen LogP contribution in [0.2, 0.25) is 0 Å². The summed E-state index contributed by atoms with van der Waals surface area (Å²) in [5, 5.41) is 0.928. The van der Waals surface area contributed by atoms with E-state index in [1.807, 2.05) is 23.1 Å². The fraction of sp³-hybridized carbons (Fsp3) is 0.143. The summed E-state index contributed by atoms with van der Waals surface area (Å²) in [5.74, 6) is 0. The maximum absolute atomic E-state index is 11.5. The Balaban J connectivity index is 0.000000162. The molecule has 0 radical (unpaired) electrons. The monoisotopic (exact) mass is 770 g/mol. The molecule has 4 rings (SSSR count). The summed E-state index contributed by atoms with van der Waals surface area (Å²) in [4.78, 5) is 16.6. The first-order chi connectivity index (χ1) is 13.1. The molecule has 0 aromatic carbocycles. The Labute approximate surface area is 208 Å². The third kappa shape index (κ3) is 4.81. The zero-order valence-corrected chi connectivity index (χ0v) is 23.3. The van der Waals surface area contributed by atoms with Gasteiger partial charge in [0.15, 0.2) is 26.2 Å². The van der Waals surface area contributed by atoms with Crippen LogP contribution in [0.15, 0.2) is 44.0 Å². The summed E-state index contributed by atoms with van der Waals surface area (Å²) in [5.41, 5.74) is 1.27. The first kappa shape index (κ1) is 22.6. The molecule has 0 saturated heterocycles. The molecule has 28 heavy (non-hydrogen) atoms. The third-order valence-corrected chi connectivity index (χ3v) is 7.32. The summed E-state index contributed by atoms with van der Waals surface area (Å²) < 4.78 is 29.8. The van der Waals surface area contributed by atoms with Crippen molar-refractivity contribution in [2.75, 3.05) is 12.5 Å². The summed E-state index contributed by atoms with van der Waals surface area (Å²) in [6, 6.07) is 0. The van der Waals surface area contributed by atoms with Gasteiger partial charge in [-0.3, -0.25) is 8.80 Å². The number of nitrogens with zero attached hydrogens (tertiary/aromatic N) is 6. The van der Waals surface area contributed by atoms with E-state index in [0.29, 0.717) is 10.3 Å². The van der Waals surface area contributed by atoms with Gasteiger partial charge < -0.3 is 0 Å².